The zero-order valence-electron chi connectivity index (χ0n) is 20.4. The third-order valence-electron chi connectivity index (χ3n) is 7.57. The molecule has 6 nitrogen and oxygen atoms in total. The first-order valence-corrected chi connectivity index (χ1v) is 12.5. The van der Waals surface area contributed by atoms with Gasteiger partial charge >= 0.3 is 0 Å². The smallest absolute Gasteiger partial charge is 0 e. The van der Waals surface area contributed by atoms with Crippen LogP contribution in [0.2, 0.25) is 0 Å². The molecule has 0 saturated carbocycles. The third-order valence-corrected chi connectivity index (χ3v) is 7.57. The van der Waals surface area contributed by atoms with Crippen molar-refractivity contribution in [1.82, 2.24) is 0 Å². The molecule has 0 bridgehead atoms. The minimum absolute atomic E-state index is 0. The van der Waals surface area contributed by atoms with Gasteiger partial charge in [-0.2, -0.15) is 0 Å². The molecule has 0 amide bonds. The molecule has 6 fully saturated rings. The second kappa shape index (κ2) is 11.6. The Kier molecular flexibility index (Phi) is 9.93. The van der Waals surface area contributed by atoms with Crippen molar-refractivity contribution in [2.45, 2.75) is 135 Å². The average molecular weight is 554 g/mol. The molecule has 6 saturated heterocycles. The van der Waals surface area contributed by atoms with Crippen LogP contribution in [-0.2, 0) is 0 Å². The summed E-state index contributed by atoms with van der Waals surface area (Å²) in [5, 5.41) is 27.2. The van der Waals surface area contributed by atoms with Crippen LogP contribution in [0.15, 0.2) is 0 Å². The van der Waals surface area contributed by atoms with Crippen molar-refractivity contribution in [1.29, 1.82) is 0 Å². The summed E-state index contributed by atoms with van der Waals surface area (Å²) in [7, 11) is 0. The van der Waals surface area contributed by atoms with E-state index < -0.39 is 0 Å². The van der Waals surface area contributed by atoms with Gasteiger partial charge in [-0.15, -0.1) is 36.3 Å². The number of rotatable bonds is 0. The van der Waals surface area contributed by atoms with Crippen LogP contribution >= 0.6 is 0 Å². The van der Waals surface area contributed by atoms with Gasteiger partial charge in [0.25, 0.3) is 0 Å². The molecule has 0 aromatic rings. The molecule has 6 unspecified atom stereocenters. The fourth-order valence-corrected chi connectivity index (χ4v) is 6.42. The molecule has 7 heteroatoms. The van der Waals surface area contributed by atoms with Crippen molar-refractivity contribution in [2.24, 2.45) is 17.8 Å². The summed E-state index contributed by atoms with van der Waals surface area (Å²) in [6.07, 6.45) is 8.80. The molecule has 6 atom stereocenters. The molecule has 0 aromatic carbocycles. The van der Waals surface area contributed by atoms with E-state index in [0.717, 1.165) is 17.8 Å². The van der Waals surface area contributed by atoms with E-state index in [1.54, 1.807) is 0 Å². The maximum Gasteiger partial charge on any atom is 0 e. The Balaban J connectivity index is 0.000000130. The van der Waals surface area contributed by atoms with Crippen LogP contribution in [0, 0.1) is 53.4 Å². The topological polar surface area (TPSA) is 84.6 Å². The van der Waals surface area contributed by atoms with Crippen molar-refractivity contribution in [3.63, 3.8) is 0 Å². The predicted octanol–water partition coefficient (Wildman–Crippen LogP) is 6.78. The Hall–Kier alpha value is 0.955. The summed E-state index contributed by atoms with van der Waals surface area (Å²) in [5.41, 5.74) is 0. The van der Waals surface area contributed by atoms with Crippen molar-refractivity contribution in [2.75, 3.05) is 0 Å². The van der Waals surface area contributed by atoms with Crippen LogP contribution in [0.4, 0.5) is 0 Å². The van der Waals surface area contributed by atoms with Gasteiger partial charge in [-0.3, -0.25) is 0 Å². The standard InChI is InChI=1S/3C8H14N2.La/c3*1-5-3-7-4-6(2)10-8(7)9-5;/h3*5-8H,3-4H2,1-2H3;/q3*-2;. The zero-order valence-corrected chi connectivity index (χ0v) is 24.1. The molecule has 6 heterocycles. The summed E-state index contributed by atoms with van der Waals surface area (Å²) in [6, 6.07) is 3.45. The first kappa shape index (κ1) is 26.6. The van der Waals surface area contributed by atoms with Crippen molar-refractivity contribution >= 4 is 0 Å². The van der Waals surface area contributed by atoms with Gasteiger partial charge in [-0.25, -0.2) is 18.5 Å². The van der Waals surface area contributed by atoms with Crippen LogP contribution in [-0.4, -0.2) is 54.7 Å². The molecule has 31 heavy (non-hydrogen) atoms. The SMILES string of the molecule is CC1CC2CC(C)[N-]C2[N-]1.CC1CC2CC(C)[N-]C2[N-]1.CC1CC2CC(C)[N-]C2[N-]1.[La]. The van der Waals surface area contributed by atoms with Gasteiger partial charge in [0.15, 0.2) is 0 Å². The fourth-order valence-electron chi connectivity index (χ4n) is 6.42. The second-order valence-electron chi connectivity index (χ2n) is 10.9. The van der Waals surface area contributed by atoms with Gasteiger partial charge in [-0.05, 0) is 0 Å². The molecule has 6 aliphatic heterocycles. The summed E-state index contributed by atoms with van der Waals surface area (Å²) in [6.45, 7) is 13.2. The Morgan fingerprint density at radius 2 is 0.516 bits per heavy atom. The van der Waals surface area contributed by atoms with Gasteiger partial charge in [0.1, 0.15) is 0 Å². The third kappa shape index (κ3) is 6.98. The number of nitrogens with zero attached hydrogens (tertiary/aromatic N) is 6. The van der Waals surface area contributed by atoms with E-state index >= 15 is 0 Å². The van der Waals surface area contributed by atoms with Crippen LogP contribution in [0.1, 0.15) is 80.1 Å². The van der Waals surface area contributed by atoms with E-state index in [-0.39, 0.29) is 35.6 Å². The maximum atomic E-state index is 4.53. The van der Waals surface area contributed by atoms with E-state index in [1.807, 2.05) is 0 Å². The Morgan fingerprint density at radius 3 is 0.645 bits per heavy atom. The first-order valence-electron chi connectivity index (χ1n) is 12.5. The predicted molar refractivity (Wildman–Crippen MR) is 126 cm³/mol. The number of hydrogen-bond acceptors (Lipinski definition) is 0. The zero-order chi connectivity index (χ0) is 21.4. The van der Waals surface area contributed by atoms with Crippen molar-refractivity contribution in [3.8, 4) is 0 Å². The summed E-state index contributed by atoms with van der Waals surface area (Å²) in [5.74, 6) is 2.39. The molecular weight excluding hydrogens is 511 g/mol. The molecule has 6 aliphatic rings. The average Bonchev–Trinajstić information content (AvgIpc) is 3.41. The molecular formula is C24H42LaN6-6. The van der Waals surface area contributed by atoms with Gasteiger partial charge in [-0.1, -0.05) is 97.8 Å². The second-order valence-corrected chi connectivity index (χ2v) is 10.9. The molecule has 0 N–H and O–H groups in total. The molecule has 177 valence electrons. The first-order chi connectivity index (χ1) is 14.3. The van der Waals surface area contributed by atoms with Crippen LogP contribution in [0.5, 0.6) is 0 Å². The minimum Gasteiger partial charge on any atom is -0.675 e. The Labute approximate surface area is 219 Å². The minimum atomic E-state index is 0. The quantitative estimate of drug-likeness (QED) is 0.317. The van der Waals surface area contributed by atoms with E-state index in [0.29, 0.717) is 54.7 Å². The summed E-state index contributed by atoms with van der Waals surface area (Å²) in [4.78, 5) is 0. The van der Waals surface area contributed by atoms with E-state index in [4.69, 9.17) is 0 Å². The van der Waals surface area contributed by atoms with Gasteiger partial charge in [0.2, 0.25) is 0 Å². The molecule has 0 aliphatic carbocycles. The Morgan fingerprint density at radius 1 is 0.355 bits per heavy atom. The van der Waals surface area contributed by atoms with E-state index in [9.17, 15) is 0 Å². The monoisotopic (exact) mass is 553 g/mol. The van der Waals surface area contributed by atoms with Crippen LogP contribution < -0.4 is 0 Å². The van der Waals surface area contributed by atoms with E-state index in [2.05, 4.69) is 73.4 Å². The fraction of sp³-hybridized carbons (Fsp3) is 1.00. The summed E-state index contributed by atoms with van der Waals surface area (Å²) < 4.78 is 0. The number of hydrogen-bond donors (Lipinski definition) is 0. The number of fused-ring (bicyclic) bond motifs is 3. The van der Waals surface area contributed by atoms with Crippen molar-refractivity contribution in [3.05, 3.63) is 31.9 Å². The maximum absolute atomic E-state index is 4.53. The van der Waals surface area contributed by atoms with Gasteiger partial charge in [0, 0.05) is 35.6 Å². The van der Waals surface area contributed by atoms with Crippen LogP contribution in [0.3, 0.4) is 0 Å². The largest absolute Gasteiger partial charge is 0.675 e. The van der Waals surface area contributed by atoms with Crippen molar-refractivity contribution < 1.29 is 35.6 Å². The van der Waals surface area contributed by atoms with Gasteiger partial charge < -0.3 is 31.9 Å². The molecule has 0 aromatic heterocycles. The normalized spacial score (nSPS) is 51.7. The van der Waals surface area contributed by atoms with Gasteiger partial charge in [0.05, 0.1) is 0 Å². The van der Waals surface area contributed by atoms with E-state index in [1.165, 1.54) is 38.5 Å². The molecule has 0 spiro atoms. The van der Waals surface area contributed by atoms with Crippen LogP contribution in [0.25, 0.3) is 31.9 Å². The molecule has 6 rings (SSSR count). The Bertz CT molecular complexity index is 404. The molecule has 1 radical (unpaired) electrons. The summed E-state index contributed by atoms with van der Waals surface area (Å²) >= 11 is 0.